The van der Waals surface area contributed by atoms with E-state index >= 15 is 0 Å². The maximum Gasteiger partial charge on any atom is 0.331 e. The molecule has 1 aliphatic rings. The van der Waals surface area contributed by atoms with E-state index in [-0.39, 0.29) is 25.4 Å². The monoisotopic (exact) mass is 733 g/mol. The molecule has 0 radical (unpaired) electrons. The minimum atomic E-state index is -4.41. The lowest BCUT2D eigenvalue weighted by atomic mass is 10.0. The minimum absolute atomic E-state index is 0.0680. The zero-order chi connectivity index (χ0) is 37.4. The second-order valence-electron chi connectivity index (χ2n) is 14.0. The van der Waals surface area contributed by atoms with E-state index < -0.39 is 68.7 Å². The third-order valence-electron chi connectivity index (χ3n) is 9.49. The highest BCUT2D eigenvalue weighted by atomic mass is 31.2. The van der Waals surface area contributed by atoms with Crippen LogP contribution in [0.2, 0.25) is 0 Å². The summed E-state index contributed by atoms with van der Waals surface area (Å²) in [5.41, 5.74) is -1.94. The first kappa shape index (κ1) is 46.2. The third kappa shape index (κ3) is 19.1. The Bertz CT molecular complexity index is 1050. The fraction of sp³-hybridized carbons (Fsp3) is 0.861. The summed E-state index contributed by atoms with van der Waals surface area (Å²) in [6, 6.07) is -1.79. The Hall–Kier alpha value is -1.86. The number of hydrogen-bond donors (Lipinski definition) is 7. The number of nitrogens with zero attached hydrogens (tertiary/aromatic N) is 1. The molecule has 1 rings (SSSR count). The Morgan fingerprint density at radius 2 is 1.34 bits per heavy atom. The van der Waals surface area contributed by atoms with Gasteiger partial charge in [-0.25, -0.2) is 4.79 Å². The van der Waals surface area contributed by atoms with Crippen LogP contribution in [-0.4, -0.2) is 110 Å². The van der Waals surface area contributed by atoms with E-state index in [1.54, 1.807) is 0 Å². The maximum atomic E-state index is 12.9. The van der Waals surface area contributed by atoms with Gasteiger partial charge < -0.3 is 40.5 Å². The van der Waals surface area contributed by atoms with Crippen molar-refractivity contribution in [3.05, 3.63) is 12.2 Å². The number of amides is 2. The molecule has 292 valence electrons. The average Bonchev–Trinajstić information content (AvgIpc) is 3.30. The van der Waals surface area contributed by atoms with E-state index in [0.717, 1.165) is 32.1 Å². The Labute approximate surface area is 300 Å². The lowest BCUT2D eigenvalue weighted by molar-refractivity contribution is -0.148. The van der Waals surface area contributed by atoms with Crippen LogP contribution in [0.4, 0.5) is 0 Å². The van der Waals surface area contributed by atoms with Crippen molar-refractivity contribution in [3.8, 4) is 0 Å². The second-order valence-corrected chi connectivity index (χ2v) is 16.0. The van der Waals surface area contributed by atoms with Crippen molar-refractivity contribution in [2.45, 2.75) is 166 Å². The molecule has 0 aliphatic carbocycles. The highest BCUT2D eigenvalue weighted by Crippen LogP contribution is 2.43. The molecule has 6 atom stereocenters. The number of allylic oxidation sites excluding steroid dienone is 2. The smallest absolute Gasteiger partial charge is 0.331 e. The zero-order valence-electron chi connectivity index (χ0n) is 30.9. The molecule has 1 heterocycles. The molecule has 2 amide bonds. The van der Waals surface area contributed by atoms with Gasteiger partial charge in [-0.3, -0.25) is 19.1 Å². The Kier molecular flexibility index (Phi) is 24.0. The number of aliphatic hydroxyl groups is 3. The van der Waals surface area contributed by atoms with Crippen LogP contribution in [0.3, 0.4) is 0 Å². The molecular weight excluding hydrogens is 665 g/mol. The summed E-state index contributed by atoms with van der Waals surface area (Å²) in [6.45, 7) is 3.15. The van der Waals surface area contributed by atoms with Crippen LogP contribution in [0.15, 0.2) is 12.2 Å². The number of aliphatic hydroxyl groups excluding tert-OH is 3. The van der Waals surface area contributed by atoms with Gasteiger partial charge in [-0.15, -0.1) is 0 Å². The van der Waals surface area contributed by atoms with Crippen molar-refractivity contribution < 1.29 is 48.8 Å². The first-order chi connectivity index (χ1) is 23.8. The van der Waals surface area contributed by atoms with Crippen LogP contribution in [0.1, 0.15) is 136 Å². The number of aliphatic carboxylic acids is 1. The number of carboxylic acids is 1. The standard InChI is InChI=1S/C36H68N3O10P/c1-4-5-6-7-8-9-10-11-12-13-14-15-16-17-18-19-20-21-22-23-32(42)38-36(3,35(45)46)28-49-50(47,48)25-24-39-30(26-37-29(2)41)33(43)34(44)31(39)27-40/h11-12,30-31,33-34,40,43-44H,4-10,13-28H2,1-3H3,(H,37,41)(H,38,42)(H,45,46)(H,47,48)/b12-11-/t30-,31-,33-,34-,36?/m1/s1. The molecule has 13 nitrogen and oxygen atoms in total. The number of carboxylic acid groups (broad SMARTS) is 1. The Morgan fingerprint density at radius 1 is 0.840 bits per heavy atom. The summed E-state index contributed by atoms with van der Waals surface area (Å²) in [6.07, 6.45) is 21.6. The third-order valence-corrected chi connectivity index (χ3v) is 10.8. The number of rotatable bonds is 30. The number of hydrogen-bond acceptors (Lipinski definition) is 9. The van der Waals surface area contributed by atoms with Crippen molar-refractivity contribution in [1.29, 1.82) is 0 Å². The van der Waals surface area contributed by atoms with E-state index in [4.69, 9.17) is 4.52 Å². The number of likely N-dealkylation sites (tertiary alicyclic amines) is 1. The predicted octanol–water partition coefficient (Wildman–Crippen LogP) is 4.65. The van der Waals surface area contributed by atoms with Gasteiger partial charge in [0.15, 0.2) is 5.54 Å². The Balaban J connectivity index is 2.29. The molecule has 0 aromatic heterocycles. The molecule has 1 fully saturated rings. The number of nitrogens with one attached hydrogen (secondary N) is 2. The van der Waals surface area contributed by atoms with Gasteiger partial charge in [0.2, 0.25) is 11.8 Å². The van der Waals surface area contributed by atoms with Crippen LogP contribution in [0, 0.1) is 0 Å². The zero-order valence-corrected chi connectivity index (χ0v) is 31.8. The molecule has 2 unspecified atom stereocenters. The molecular formula is C36H68N3O10P. The van der Waals surface area contributed by atoms with Gasteiger partial charge >= 0.3 is 13.6 Å². The number of unbranched alkanes of at least 4 members (excludes halogenated alkanes) is 15. The van der Waals surface area contributed by atoms with Crippen molar-refractivity contribution >= 4 is 25.4 Å². The molecule has 7 N–H and O–H groups in total. The Morgan fingerprint density at radius 3 is 1.84 bits per heavy atom. The summed E-state index contributed by atoms with van der Waals surface area (Å²) < 4.78 is 18.0. The molecule has 50 heavy (non-hydrogen) atoms. The fourth-order valence-corrected chi connectivity index (χ4v) is 7.32. The largest absolute Gasteiger partial charge is 0.479 e. The summed E-state index contributed by atoms with van der Waals surface area (Å²) in [7, 11) is -4.41. The van der Waals surface area contributed by atoms with Gasteiger partial charge in [-0.05, 0) is 39.0 Å². The van der Waals surface area contributed by atoms with Crippen molar-refractivity contribution in [2.24, 2.45) is 0 Å². The van der Waals surface area contributed by atoms with Crippen LogP contribution >= 0.6 is 7.60 Å². The highest BCUT2D eigenvalue weighted by Gasteiger charge is 2.47. The normalized spacial score (nSPS) is 22.0. The number of carbonyl (C=O) groups is 3. The summed E-state index contributed by atoms with van der Waals surface area (Å²) in [4.78, 5) is 47.9. The lowest BCUT2D eigenvalue weighted by Gasteiger charge is -2.31. The first-order valence-corrected chi connectivity index (χ1v) is 20.7. The molecule has 0 aromatic rings. The van der Waals surface area contributed by atoms with Gasteiger partial charge in [0.05, 0.1) is 43.7 Å². The maximum absolute atomic E-state index is 12.9. The van der Waals surface area contributed by atoms with E-state index in [1.807, 2.05) is 0 Å². The predicted molar refractivity (Wildman–Crippen MR) is 195 cm³/mol. The van der Waals surface area contributed by atoms with Gasteiger partial charge in [0.1, 0.15) is 0 Å². The summed E-state index contributed by atoms with van der Waals surface area (Å²) in [5.74, 6) is -2.28. The van der Waals surface area contributed by atoms with E-state index in [0.29, 0.717) is 6.42 Å². The van der Waals surface area contributed by atoms with E-state index in [2.05, 4.69) is 29.7 Å². The highest BCUT2D eigenvalue weighted by molar-refractivity contribution is 7.52. The molecule has 1 aliphatic heterocycles. The van der Waals surface area contributed by atoms with Crippen molar-refractivity contribution in [1.82, 2.24) is 15.5 Å². The molecule has 0 bridgehead atoms. The first-order valence-electron chi connectivity index (χ1n) is 18.9. The van der Waals surface area contributed by atoms with Crippen LogP contribution in [-0.2, 0) is 23.5 Å². The fourth-order valence-electron chi connectivity index (χ4n) is 6.25. The lowest BCUT2D eigenvalue weighted by Crippen LogP contribution is -2.55. The molecule has 14 heteroatoms. The SMILES string of the molecule is CCCCCCCC/C=C\CCCCCCCCCCCC(=O)NC(C)(COP(=O)(O)CCN1[C@H](CO)[C@@H](O)[C@H](O)[C@H]1CNC(C)=O)C(=O)O. The van der Waals surface area contributed by atoms with Gasteiger partial charge in [-0.2, -0.15) is 0 Å². The van der Waals surface area contributed by atoms with Crippen LogP contribution in [0.25, 0.3) is 0 Å². The number of carbonyl (C=O) groups excluding carboxylic acids is 2. The van der Waals surface area contributed by atoms with Crippen molar-refractivity contribution in [3.63, 3.8) is 0 Å². The van der Waals surface area contributed by atoms with Crippen LogP contribution in [0.5, 0.6) is 0 Å². The second kappa shape index (κ2) is 26.0. The molecule has 1 saturated heterocycles. The molecule has 0 saturated carbocycles. The minimum Gasteiger partial charge on any atom is -0.479 e. The molecule has 0 aromatic carbocycles. The summed E-state index contributed by atoms with van der Waals surface area (Å²) in [5, 5.41) is 45.2. The quantitative estimate of drug-likeness (QED) is 0.0307. The van der Waals surface area contributed by atoms with E-state index in [9.17, 15) is 44.3 Å². The van der Waals surface area contributed by atoms with Crippen LogP contribution < -0.4 is 10.6 Å². The van der Waals surface area contributed by atoms with Gasteiger partial charge in [0.25, 0.3) is 0 Å². The van der Waals surface area contributed by atoms with Gasteiger partial charge in [-0.1, -0.05) is 96.1 Å². The molecule has 0 spiro atoms. The topological polar surface area (TPSA) is 206 Å². The van der Waals surface area contributed by atoms with Crippen molar-refractivity contribution in [2.75, 3.05) is 32.5 Å². The summed E-state index contributed by atoms with van der Waals surface area (Å²) >= 11 is 0. The average molecular weight is 734 g/mol. The van der Waals surface area contributed by atoms with Gasteiger partial charge in [0, 0.05) is 26.4 Å². The van der Waals surface area contributed by atoms with E-state index in [1.165, 1.54) is 89.4 Å².